The van der Waals surface area contributed by atoms with Gasteiger partial charge in [0, 0.05) is 11.5 Å². The SMILES string of the molecule is CC(C)c1ccc2c(O)cc(=O)c(=O)[nH]c2c1. The van der Waals surface area contributed by atoms with Crippen LogP contribution in [0.2, 0.25) is 0 Å². The summed E-state index contributed by atoms with van der Waals surface area (Å²) in [7, 11) is 0. The molecule has 1 heterocycles. The summed E-state index contributed by atoms with van der Waals surface area (Å²) in [6.07, 6.45) is 0. The van der Waals surface area contributed by atoms with Gasteiger partial charge in [-0.2, -0.15) is 0 Å². The minimum atomic E-state index is -0.746. The number of aromatic nitrogens is 1. The van der Waals surface area contributed by atoms with E-state index in [-0.39, 0.29) is 5.75 Å². The third-order valence-electron chi connectivity index (χ3n) is 2.73. The summed E-state index contributed by atoms with van der Waals surface area (Å²) in [6, 6.07) is 6.29. The van der Waals surface area contributed by atoms with Crippen LogP contribution in [-0.2, 0) is 0 Å². The first-order chi connectivity index (χ1) is 7.99. The molecule has 1 aromatic carbocycles. The zero-order valence-electron chi connectivity index (χ0n) is 9.65. The van der Waals surface area contributed by atoms with E-state index in [0.717, 1.165) is 11.6 Å². The van der Waals surface area contributed by atoms with Crippen LogP contribution in [0.15, 0.2) is 33.9 Å². The summed E-state index contributed by atoms with van der Waals surface area (Å²) in [6.45, 7) is 4.06. The van der Waals surface area contributed by atoms with Gasteiger partial charge in [0.15, 0.2) is 0 Å². The second-order valence-corrected chi connectivity index (χ2v) is 4.31. The average molecular weight is 231 g/mol. The number of hydrogen-bond donors (Lipinski definition) is 2. The van der Waals surface area contributed by atoms with Crippen molar-refractivity contribution in [1.82, 2.24) is 4.98 Å². The van der Waals surface area contributed by atoms with Crippen LogP contribution in [0.1, 0.15) is 25.3 Å². The molecule has 0 spiro atoms. The molecule has 0 saturated carbocycles. The normalized spacial score (nSPS) is 11.0. The molecular formula is C13H13NO3. The zero-order valence-corrected chi connectivity index (χ0v) is 9.65. The van der Waals surface area contributed by atoms with Crippen molar-refractivity contribution in [3.63, 3.8) is 0 Å². The van der Waals surface area contributed by atoms with Crippen molar-refractivity contribution >= 4 is 10.9 Å². The van der Waals surface area contributed by atoms with Crippen molar-refractivity contribution in [2.45, 2.75) is 19.8 Å². The standard InChI is InChI=1S/C13H13NO3/c1-7(2)8-3-4-9-10(5-8)14-13(17)12(16)6-11(9)15/h3-7,15H,1-2H3,(H,14,16,17). The quantitative estimate of drug-likeness (QED) is 0.734. The molecule has 4 heteroatoms. The zero-order chi connectivity index (χ0) is 12.6. The van der Waals surface area contributed by atoms with Crippen molar-refractivity contribution < 1.29 is 5.11 Å². The summed E-state index contributed by atoms with van der Waals surface area (Å²) in [5.41, 5.74) is 0.0352. The molecule has 0 aliphatic rings. The Kier molecular flexibility index (Phi) is 2.71. The van der Waals surface area contributed by atoms with Crippen LogP contribution >= 0.6 is 0 Å². The average Bonchev–Trinajstić information content (AvgIpc) is 2.37. The molecule has 0 aliphatic carbocycles. The lowest BCUT2D eigenvalue weighted by Crippen LogP contribution is -2.22. The molecule has 17 heavy (non-hydrogen) atoms. The number of aromatic amines is 1. The Hall–Kier alpha value is -2.10. The first-order valence-electron chi connectivity index (χ1n) is 5.39. The van der Waals surface area contributed by atoms with Crippen LogP contribution in [0.25, 0.3) is 10.9 Å². The number of hydrogen-bond acceptors (Lipinski definition) is 3. The van der Waals surface area contributed by atoms with E-state index in [0.29, 0.717) is 16.8 Å². The van der Waals surface area contributed by atoms with Crippen LogP contribution in [0.5, 0.6) is 5.75 Å². The Bertz CT molecular complexity index is 686. The molecule has 0 radical (unpaired) electrons. The van der Waals surface area contributed by atoms with E-state index in [2.05, 4.69) is 4.98 Å². The Morgan fingerprint density at radius 2 is 1.88 bits per heavy atom. The van der Waals surface area contributed by atoms with Crippen LogP contribution in [0.3, 0.4) is 0 Å². The second kappa shape index (κ2) is 4.05. The third-order valence-corrected chi connectivity index (χ3v) is 2.73. The van der Waals surface area contributed by atoms with Crippen molar-refractivity contribution in [2.24, 2.45) is 0 Å². The van der Waals surface area contributed by atoms with Gasteiger partial charge in [-0.1, -0.05) is 19.9 Å². The molecule has 0 fully saturated rings. The van der Waals surface area contributed by atoms with Gasteiger partial charge in [0.1, 0.15) is 5.75 Å². The van der Waals surface area contributed by atoms with Crippen molar-refractivity contribution in [3.05, 3.63) is 50.4 Å². The van der Waals surface area contributed by atoms with Crippen molar-refractivity contribution in [2.75, 3.05) is 0 Å². The fourth-order valence-corrected chi connectivity index (χ4v) is 1.70. The minimum absolute atomic E-state index is 0.182. The van der Waals surface area contributed by atoms with Gasteiger partial charge >= 0.3 is 0 Å². The predicted octanol–water partition coefficient (Wildman–Crippen LogP) is 1.72. The first kappa shape index (κ1) is 11.4. The molecule has 2 rings (SSSR count). The number of nitrogens with one attached hydrogen (secondary N) is 1. The molecule has 2 aromatic rings. The van der Waals surface area contributed by atoms with Gasteiger partial charge in [0.25, 0.3) is 5.56 Å². The number of benzene rings is 1. The molecule has 0 atom stereocenters. The number of H-pyrrole nitrogens is 1. The highest BCUT2D eigenvalue weighted by atomic mass is 16.3. The van der Waals surface area contributed by atoms with Gasteiger partial charge in [-0.05, 0) is 23.6 Å². The van der Waals surface area contributed by atoms with E-state index in [1.807, 2.05) is 19.9 Å². The molecule has 0 aliphatic heterocycles. The van der Waals surface area contributed by atoms with E-state index < -0.39 is 11.0 Å². The second-order valence-electron chi connectivity index (χ2n) is 4.31. The van der Waals surface area contributed by atoms with Crippen LogP contribution in [0.4, 0.5) is 0 Å². The summed E-state index contributed by atoms with van der Waals surface area (Å²) in [4.78, 5) is 25.1. The maximum Gasteiger partial charge on any atom is 0.296 e. The summed E-state index contributed by atoms with van der Waals surface area (Å²) in [5.74, 6) is 0.126. The van der Waals surface area contributed by atoms with E-state index in [4.69, 9.17) is 0 Å². The highest BCUT2D eigenvalue weighted by Gasteiger charge is 2.05. The summed E-state index contributed by atoms with van der Waals surface area (Å²) < 4.78 is 0. The first-order valence-corrected chi connectivity index (χ1v) is 5.39. The smallest absolute Gasteiger partial charge is 0.296 e. The van der Waals surface area contributed by atoms with E-state index in [9.17, 15) is 14.7 Å². The van der Waals surface area contributed by atoms with Gasteiger partial charge in [-0.25, -0.2) is 0 Å². The largest absolute Gasteiger partial charge is 0.507 e. The van der Waals surface area contributed by atoms with Crippen LogP contribution < -0.4 is 11.0 Å². The molecule has 1 aromatic heterocycles. The Morgan fingerprint density at radius 1 is 1.18 bits per heavy atom. The van der Waals surface area contributed by atoms with E-state index in [1.54, 1.807) is 12.1 Å². The van der Waals surface area contributed by atoms with Crippen LogP contribution in [-0.4, -0.2) is 10.1 Å². The molecule has 0 bridgehead atoms. The molecule has 0 saturated heterocycles. The molecule has 88 valence electrons. The number of fused-ring (bicyclic) bond motifs is 1. The third kappa shape index (κ3) is 2.06. The molecular weight excluding hydrogens is 218 g/mol. The fraction of sp³-hybridized carbons (Fsp3) is 0.231. The Balaban J connectivity index is 2.93. The molecule has 0 unspecified atom stereocenters. The topological polar surface area (TPSA) is 70.2 Å². The molecule has 0 amide bonds. The highest BCUT2D eigenvalue weighted by molar-refractivity contribution is 5.84. The van der Waals surface area contributed by atoms with E-state index in [1.165, 1.54) is 0 Å². The van der Waals surface area contributed by atoms with Gasteiger partial charge in [0.05, 0.1) is 5.52 Å². The Labute approximate surface area is 97.6 Å². The van der Waals surface area contributed by atoms with Crippen LogP contribution in [0, 0.1) is 0 Å². The van der Waals surface area contributed by atoms with Gasteiger partial charge < -0.3 is 10.1 Å². The molecule has 2 N–H and O–H groups in total. The maximum atomic E-state index is 11.4. The monoisotopic (exact) mass is 231 g/mol. The summed E-state index contributed by atoms with van der Waals surface area (Å²) in [5, 5.41) is 10.2. The van der Waals surface area contributed by atoms with Crippen molar-refractivity contribution in [1.29, 1.82) is 0 Å². The molecule has 4 nitrogen and oxygen atoms in total. The fourth-order valence-electron chi connectivity index (χ4n) is 1.70. The number of aromatic hydroxyl groups is 1. The van der Waals surface area contributed by atoms with E-state index >= 15 is 0 Å². The Morgan fingerprint density at radius 3 is 2.53 bits per heavy atom. The maximum absolute atomic E-state index is 11.4. The van der Waals surface area contributed by atoms with Gasteiger partial charge in [-0.3, -0.25) is 9.59 Å². The lowest BCUT2D eigenvalue weighted by Gasteiger charge is -2.05. The number of rotatable bonds is 1. The van der Waals surface area contributed by atoms with Crippen molar-refractivity contribution in [3.8, 4) is 5.75 Å². The predicted molar refractivity (Wildman–Crippen MR) is 66.6 cm³/mol. The minimum Gasteiger partial charge on any atom is -0.507 e. The summed E-state index contributed by atoms with van der Waals surface area (Å²) >= 11 is 0. The van der Waals surface area contributed by atoms with Gasteiger partial charge in [0.2, 0.25) is 5.43 Å². The van der Waals surface area contributed by atoms with Gasteiger partial charge in [-0.15, -0.1) is 0 Å². The highest BCUT2D eigenvalue weighted by Crippen LogP contribution is 2.23. The lowest BCUT2D eigenvalue weighted by molar-refractivity contribution is 0.481. The lowest BCUT2D eigenvalue weighted by atomic mass is 10.0.